The molecule has 0 aliphatic heterocycles. The van der Waals surface area contributed by atoms with E-state index in [2.05, 4.69) is 0 Å². The van der Waals surface area contributed by atoms with E-state index in [0.29, 0.717) is 0 Å². The highest BCUT2D eigenvalue weighted by Gasteiger charge is 2.34. The number of carbonyl (C=O) groups is 1. The summed E-state index contributed by atoms with van der Waals surface area (Å²) >= 11 is 0. The van der Waals surface area contributed by atoms with Crippen LogP contribution in [-0.2, 0) is 19.0 Å². The molecule has 0 bridgehead atoms. The minimum Gasteiger partial charge on any atom is -0.460 e. The van der Waals surface area contributed by atoms with Crippen LogP contribution in [-0.4, -0.2) is 38.1 Å². The van der Waals surface area contributed by atoms with E-state index in [1.54, 1.807) is 7.11 Å². The fraction of sp³-hybridized carbons (Fsp3) is 0.900. The molecule has 3 atom stereocenters. The number of ether oxygens (including phenoxy) is 3. The van der Waals surface area contributed by atoms with Gasteiger partial charge in [-0.3, -0.25) is 4.79 Å². The average Bonchev–Trinajstić information content (AvgIpc) is 2.16. The monoisotopic (exact) mass is 217 g/mol. The van der Waals surface area contributed by atoms with Gasteiger partial charge >= 0.3 is 5.97 Å². The van der Waals surface area contributed by atoms with Crippen molar-refractivity contribution in [2.45, 2.75) is 44.4 Å². The second-order valence-electron chi connectivity index (χ2n) is 3.78. The van der Waals surface area contributed by atoms with Gasteiger partial charge in [-0.1, -0.05) is 0 Å². The molecule has 5 heteroatoms. The zero-order chi connectivity index (χ0) is 11.3. The summed E-state index contributed by atoms with van der Waals surface area (Å²) in [7, 11) is 1.55. The summed E-state index contributed by atoms with van der Waals surface area (Å²) < 4.78 is 15.4. The number of rotatable bonds is 4. The Morgan fingerprint density at radius 2 is 2.20 bits per heavy atom. The fourth-order valence-electron chi connectivity index (χ4n) is 1.88. The van der Waals surface area contributed by atoms with Crippen LogP contribution in [0.4, 0.5) is 0 Å². The molecule has 1 aliphatic rings. The summed E-state index contributed by atoms with van der Waals surface area (Å²) in [6.07, 6.45) is 2.18. The number of hydrogen-bond acceptors (Lipinski definition) is 5. The smallest absolute Gasteiger partial charge is 0.302 e. The van der Waals surface area contributed by atoms with Crippen LogP contribution in [0.2, 0.25) is 0 Å². The maximum atomic E-state index is 10.9. The predicted octanol–water partition coefficient (Wildman–Crippen LogP) is 0.418. The van der Waals surface area contributed by atoms with Gasteiger partial charge in [-0.15, -0.1) is 0 Å². The van der Waals surface area contributed by atoms with Crippen LogP contribution < -0.4 is 5.73 Å². The number of hydrogen-bond donors (Lipinski definition) is 1. The highest BCUT2D eigenvalue weighted by atomic mass is 16.7. The van der Waals surface area contributed by atoms with Gasteiger partial charge in [0.05, 0.1) is 0 Å². The quantitative estimate of drug-likeness (QED) is 0.546. The first kappa shape index (κ1) is 12.4. The van der Waals surface area contributed by atoms with Gasteiger partial charge in [0.15, 0.2) is 0 Å². The Balaban J connectivity index is 2.51. The lowest BCUT2D eigenvalue weighted by atomic mass is 9.90. The average molecular weight is 217 g/mol. The molecule has 2 unspecified atom stereocenters. The lowest BCUT2D eigenvalue weighted by molar-refractivity contribution is -0.170. The highest BCUT2D eigenvalue weighted by Crippen LogP contribution is 2.23. The molecule has 0 heterocycles. The number of carbonyl (C=O) groups excluding carboxylic acids is 1. The third kappa shape index (κ3) is 3.77. The maximum Gasteiger partial charge on any atom is 0.302 e. The molecule has 2 N–H and O–H groups in total. The molecule has 0 radical (unpaired) electrons. The van der Waals surface area contributed by atoms with Crippen molar-refractivity contribution < 1.29 is 19.0 Å². The van der Waals surface area contributed by atoms with Crippen molar-refractivity contribution in [2.24, 2.45) is 5.73 Å². The molecule has 0 amide bonds. The fourth-order valence-corrected chi connectivity index (χ4v) is 1.88. The first-order valence-electron chi connectivity index (χ1n) is 5.18. The van der Waals surface area contributed by atoms with E-state index in [1.165, 1.54) is 6.92 Å². The normalized spacial score (nSPS) is 31.3. The van der Waals surface area contributed by atoms with E-state index in [-0.39, 0.29) is 31.0 Å². The maximum absolute atomic E-state index is 10.9. The van der Waals surface area contributed by atoms with Crippen LogP contribution in [0.5, 0.6) is 0 Å². The van der Waals surface area contributed by atoms with Gasteiger partial charge in [0.1, 0.15) is 19.0 Å². The molecule has 88 valence electrons. The van der Waals surface area contributed by atoms with Gasteiger partial charge in [-0.25, -0.2) is 0 Å². The van der Waals surface area contributed by atoms with Gasteiger partial charge in [0.2, 0.25) is 0 Å². The standard InChI is InChI=1S/C10H19NO4/c1-7(12)15-9-5-3-4-8(11)10(9)14-6-13-2/h8-10H,3-6,11H2,1-2H3/t8-,9?,10?/m0/s1. The van der Waals surface area contributed by atoms with Crippen LogP contribution in [0.1, 0.15) is 26.2 Å². The molecule has 0 saturated heterocycles. The highest BCUT2D eigenvalue weighted by molar-refractivity contribution is 5.66. The van der Waals surface area contributed by atoms with Crippen molar-refractivity contribution in [3.05, 3.63) is 0 Å². The zero-order valence-electron chi connectivity index (χ0n) is 9.27. The van der Waals surface area contributed by atoms with Gasteiger partial charge in [0.25, 0.3) is 0 Å². The van der Waals surface area contributed by atoms with Gasteiger partial charge in [0, 0.05) is 20.1 Å². The van der Waals surface area contributed by atoms with Crippen molar-refractivity contribution in [1.29, 1.82) is 0 Å². The van der Waals surface area contributed by atoms with Crippen molar-refractivity contribution in [3.63, 3.8) is 0 Å². The molecule has 0 aromatic rings. The Hall–Kier alpha value is -0.650. The summed E-state index contributed by atoms with van der Waals surface area (Å²) in [5, 5.41) is 0. The minimum absolute atomic E-state index is 0.0850. The van der Waals surface area contributed by atoms with Crippen LogP contribution in [0.25, 0.3) is 0 Å². The third-order valence-electron chi connectivity index (χ3n) is 2.51. The minimum atomic E-state index is -0.292. The van der Waals surface area contributed by atoms with Gasteiger partial charge < -0.3 is 19.9 Å². The summed E-state index contributed by atoms with van der Waals surface area (Å²) in [4.78, 5) is 10.9. The Bertz CT molecular complexity index is 210. The molecule has 0 aromatic heterocycles. The summed E-state index contributed by atoms with van der Waals surface area (Å²) in [5.41, 5.74) is 5.91. The van der Waals surface area contributed by atoms with E-state index < -0.39 is 0 Å². The molecular weight excluding hydrogens is 198 g/mol. The van der Waals surface area contributed by atoms with Crippen LogP contribution >= 0.6 is 0 Å². The van der Waals surface area contributed by atoms with Crippen LogP contribution in [0.3, 0.4) is 0 Å². The van der Waals surface area contributed by atoms with Crippen LogP contribution in [0, 0.1) is 0 Å². The molecule has 15 heavy (non-hydrogen) atoms. The first-order chi connectivity index (χ1) is 7.15. The molecule has 0 spiro atoms. The van der Waals surface area contributed by atoms with Crippen molar-refractivity contribution in [1.82, 2.24) is 0 Å². The number of methoxy groups -OCH3 is 1. The second kappa shape index (κ2) is 6.05. The Morgan fingerprint density at radius 3 is 2.80 bits per heavy atom. The largest absolute Gasteiger partial charge is 0.460 e. The van der Waals surface area contributed by atoms with Crippen molar-refractivity contribution >= 4 is 5.97 Å². The second-order valence-corrected chi connectivity index (χ2v) is 3.78. The van der Waals surface area contributed by atoms with E-state index in [4.69, 9.17) is 19.9 Å². The van der Waals surface area contributed by atoms with E-state index in [1.807, 2.05) is 0 Å². The molecular formula is C10H19NO4. The first-order valence-corrected chi connectivity index (χ1v) is 5.18. The Kier molecular flexibility index (Phi) is 5.01. The summed E-state index contributed by atoms with van der Waals surface area (Å²) in [5.74, 6) is -0.292. The van der Waals surface area contributed by atoms with Gasteiger partial charge in [-0.2, -0.15) is 0 Å². The molecule has 1 rings (SSSR count). The topological polar surface area (TPSA) is 70.8 Å². The van der Waals surface area contributed by atoms with E-state index in [9.17, 15) is 4.79 Å². The Labute approximate surface area is 89.9 Å². The predicted molar refractivity (Wildman–Crippen MR) is 54.1 cm³/mol. The molecule has 5 nitrogen and oxygen atoms in total. The lowest BCUT2D eigenvalue weighted by Crippen LogP contribution is -2.49. The number of esters is 1. The summed E-state index contributed by atoms with van der Waals surface area (Å²) in [6, 6.07) is -0.0850. The Morgan fingerprint density at radius 1 is 1.47 bits per heavy atom. The number of nitrogens with two attached hydrogens (primary N) is 1. The summed E-state index contributed by atoms with van der Waals surface area (Å²) in [6.45, 7) is 1.57. The molecule has 1 aliphatic carbocycles. The molecule has 0 aromatic carbocycles. The van der Waals surface area contributed by atoms with Gasteiger partial charge in [-0.05, 0) is 19.3 Å². The lowest BCUT2D eigenvalue weighted by Gasteiger charge is -2.34. The zero-order valence-corrected chi connectivity index (χ0v) is 9.27. The van der Waals surface area contributed by atoms with E-state index in [0.717, 1.165) is 19.3 Å². The van der Waals surface area contributed by atoms with E-state index >= 15 is 0 Å². The SMILES string of the molecule is COCOC1C(OC(C)=O)CCC[C@@H]1N. The third-order valence-corrected chi connectivity index (χ3v) is 2.51. The molecule has 1 saturated carbocycles. The van der Waals surface area contributed by atoms with Crippen molar-refractivity contribution in [3.8, 4) is 0 Å². The van der Waals surface area contributed by atoms with Crippen molar-refractivity contribution in [2.75, 3.05) is 13.9 Å². The van der Waals surface area contributed by atoms with Crippen LogP contribution in [0.15, 0.2) is 0 Å². The molecule has 1 fully saturated rings.